The maximum absolute atomic E-state index is 5.06. The van der Waals surface area contributed by atoms with Gasteiger partial charge in [0.05, 0.1) is 12.1 Å². The molecule has 0 fully saturated rings. The molecule has 2 aromatic heterocycles. The van der Waals surface area contributed by atoms with Gasteiger partial charge in [-0.3, -0.25) is 4.57 Å². The number of methoxy groups -OCH3 is 1. The van der Waals surface area contributed by atoms with Crippen LogP contribution < -0.4 is 5.32 Å². The number of para-hydroxylation sites is 1. The summed E-state index contributed by atoms with van der Waals surface area (Å²) in [6, 6.07) is 10.3. The molecule has 21 heavy (non-hydrogen) atoms. The first kappa shape index (κ1) is 13.7. The predicted octanol–water partition coefficient (Wildman–Crippen LogP) is 2.16. The highest BCUT2D eigenvalue weighted by molar-refractivity contribution is 5.80. The molecule has 3 rings (SSSR count). The Hall–Kier alpha value is -2.24. The summed E-state index contributed by atoms with van der Waals surface area (Å²) in [6.07, 6.45) is 5.45. The van der Waals surface area contributed by atoms with E-state index in [1.54, 1.807) is 19.6 Å². The van der Waals surface area contributed by atoms with Crippen molar-refractivity contribution in [1.82, 2.24) is 19.9 Å². The monoisotopic (exact) mass is 282 g/mol. The van der Waals surface area contributed by atoms with E-state index in [1.807, 2.05) is 29.0 Å². The molecule has 0 unspecified atom stereocenters. The van der Waals surface area contributed by atoms with Crippen molar-refractivity contribution in [2.45, 2.75) is 6.54 Å². The zero-order chi connectivity index (χ0) is 14.5. The summed E-state index contributed by atoms with van der Waals surface area (Å²) in [5.41, 5.74) is 2.13. The molecule has 0 aliphatic heterocycles. The molecule has 2 heterocycles. The minimum atomic E-state index is 0.696. The van der Waals surface area contributed by atoms with Crippen molar-refractivity contribution in [2.75, 3.05) is 20.3 Å². The Labute approximate surface area is 123 Å². The van der Waals surface area contributed by atoms with Gasteiger partial charge < -0.3 is 10.1 Å². The average molecular weight is 282 g/mol. The molecule has 5 nitrogen and oxygen atoms in total. The van der Waals surface area contributed by atoms with E-state index in [2.05, 4.69) is 22.4 Å². The van der Waals surface area contributed by atoms with Crippen molar-refractivity contribution >= 4 is 10.9 Å². The first-order valence-corrected chi connectivity index (χ1v) is 6.95. The molecule has 0 radical (unpaired) electrons. The quantitative estimate of drug-likeness (QED) is 0.704. The van der Waals surface area contributed by atoms with Gasteiger partial charge in [-0.2, -0.15) is 0 Å². The largest absolute Gasteiger partial charge is 0.383 e. The molecule has 0 saturated carbocycles. The van der Waals surface area contributed by atoms with E-state index in [4.69, 9.17) is 9.72 Å². The Bertz CT molecular complexity index is 709. The first-order valence-electron chi connectivity index (χ1n) is 6.95. The van der Waals surface area contributed by atoms with Gasteiger partial charge in [0.25, 0.3) is 0 Å². The van der Waals surface area contributed by atoms with Crippen molar-refractivity contribution in [3.05, 3.63) is 54.6 Å². The zero-order valence-corrected chi connectivity index (χ0v) is 12.0. The van der Waals surface area contributed by atoms with Crippen molar-refractivity contribution in [1.29, 1.82) is 0 Å². The molecule has 108 valence electrons. The van der Waals surface area contributed by atoms with Crippen molar-refractivity contribution < 1.29 is 4.74 Å². The molecule has 0 aliphatic rings. The van der Waals surface area contributed by atoms with Crippen LogP contribution in [-0.4, -0.2) is 34.8 Å². The van der Waals surface area contributed by atoms with Crippen LogP contribution in [0.3, 0.4) is 0 Å². The van der Waals surface area contributed by atoms with Crippen molar-refractivity contribution in [3.63, 3.8) is 0 Å². The lowest BCUT2D eigenvalue weighted by Crippen LogP contribution is -2.20. The van der Waals surface area contributed by atoms with Gasteiger partial charge in [0, 0.05) is 43.5 Å². The third-order valence-electron chi connectivity index (χ3n) is 3.33. The lowest BCUT2D eigenvalue weighted by Gasteiger charge is -2.12. The average Bonchev–Trinajstić information content (AvgIpc) is 3.05. The number of hydrogen-bond donors (Lipinski definition) is 1. The molecular weight excluding hydrogens is 264 g/mol. The molecule has 0 aliphatic carbocycles. The van der Waals surface area contributed by atoms with Crippen LogP contribution in [0.4, 0.5) is 0 Å². The molecule has 0 amide bonds. The highest BCUT2D eigenvalue weighted by Gasteiger charge is 2.08. The van der Waals surface area contributed by atoms with Crippen LogP contribution in [-0.2, 0) is 11.3 Å². The number of rotatable bonds is 6. The number of fused-ring (bicyclic) bond motifs is 1. The highest BCUT2D eigenvalue weighted by Crippen LogP contribution is 2.19. The first-order chi connectivity index (χ1) is 10.4. The fourth-order valence-electron chi connectivity index (χ4n) is 2.28. The summed E-state index contributed by atoms with van der Waals surface area (Å²) in [4.78, 5) is 8.88. The van der Waals surface area contributed by atoms with Crippen LogP contribution in [0, 0.1) is 0 Å². The summed E-state index contributed by atoms with van der Waals surface area (Å²) in [6.45, 7) is 2.25. The molecule has 1 N–H and O–H groups in total. The molecule has 1 aromatic carbocycles. The van der Waals surface area contributed by atoms with E-state index in [0.717, 1.165) is 35.4 Å². The van der Waals surface area contributed by atoms with Crippen molar-refractivity contribution in [2.24, 2.45) is 0 Å². The minimum absolute atomic E-state index is 0.696. The fraction of sp³-hybridized carbons (Fsp3) is 0.250. The summed E-state index contributed by atoms with van der Waals surface area (Å²) in [7, 11) is 1.70. The molecule has 0 saturated heterocycles. The third kappa shape index (κ3) is 3.09. The number of imidazole rings is 1. The Kier molecular flexibility index (Phi) is 4.23. The summed E-state index contributed by atoms with van der Waals surface area (Å²) in [5, 5.41) is 4.51. The molecule has 5 heteroatoms. The van der Waals surface area contributed by atoms with Crippen LogP contribution in [0.5, 0.6) is 0 Å². The van der Waals surface area contributed by atoms with Crippen LogP contribution in [0.1, 0.15) is 5.56 Å². The normalized spacial score (nSPS) is 11.1. The van der Waals surface area contributed by atoms with Gasteiger partial charge >= 0.3 is 0 Å². The number of nitrogens with one attached hydrogen (secondary N) is 1. The van der Waals surface area contributed by atoms with E-state index >= 15 is 0 Å². The van der Waals surface area contributed by atoms with Gasteiger partial charge in [0.1, 0.15) is 12.1 Å². The number of pyridine rings is 1. The topological polar surface area (TPSA) is 52.0 Å². The van der Waals surface area contributed by atoms with Gasteiger partial charge in [0.2, 0.25) is 0 Å². The summed E-state index contributed by atoms with van der Waals surface area (Å²) >= 11 is 0. The molecule has 0 atom stereocenters. The lowest BCUT2D eigenvalue weighted by atomic mass is 10.1. The molecule has 3 aromatic rings. The van der Waals surface area contributed by atoms with Gasteiger partial charge in [-0.05, 0) is 12.1 Å². The zero-order valence-electron chi connectivity index (χ0n) is 12.0. The maximum atomic E-state index is 5.06. The van der Waals surface area contributed by atoms with E-state index in [1.165, 1.54) is 0 Å². The second kappa shape index (κ2) is 6.47. The second-order valence-electron chi connectivity index (χ2n) is 4.80. The molecule has 0 spiro atoms. The Morgan fingerprint density at radius 3 is 3.00 bits per heavy atom. The summed E-state index contributed by atoms with van der Waals surface area (Å²) in [5.74, 6) is 0.913. The Morgan fingerprint density at radius 1 is 1.29 bits per heavy atom. The Balaban J connectivity index is 1.96. The lowest BCUT2D eigenvalue weighted by molar-refractivity contribution is 0.199. The van der Waals surface area contributed by atoms with Crippen LogP contribution in [0.2, 0.25) is 0 Å². The maximum Gasteiger partial charge on any atom is 0.143 e. The highest BCUT2D eigenvalue weighted by atomic mass is 16.5. The van der Waals surface area contributed by atoms with Crippen LogP contribution in [0.25, 0.3) is 16.7 Å². The minimum Gasteiger partial charge on any atom is -0.383 e. The predicted molar refractivity (Wildman–Crippen MR) is 82.4 cm³/mol. The summed E-state index contributed by atoms with van der Waals surface area (Å²) < 4.78 is 7.00. The van der Waals surface area contributed by atoms with Gasteiger partial charge in [-0.15, -0.1) is 0 Å². The molecule has 0 bridgehead atoms. The van der Waals surface area contributed by atoms with Gasteiger partial charge in [-0.25, -0.2) is 9.97 Å². The van der Waals surface area contributed by atoms with Crippen molar-refractivity contribution in [3.8, 4) is 5.82 Å². The van der Waals surface area contributed by atoms with E-state index < -0.39 is 0 Å². The van der Waals surface area contributed by atoms with E-state index in [0.29, 0.717) is 6.61 Å². The number of aromatic nitrogens is 3. The number of hydrogen-bond acceptors (Lipinski definition) is 4. The Morgan fingerprint density at radius 2 is 2.19 bits per heavy atom. The smallest absolute Gasteiger partial charge is 0.143 e. The SMILES string of the molecule is COCCNCc1cc2ccccc2nc1-n1ccnc1. The third-order valence-corrected chi connectivity index (χ3v) is 3.33. The van der Waals surface area contributed by atoms with Gasteiger partial charge in [-0.1, -0.05) is 18.2 Å². The van der Waals surface area contributed by atoms with E-state index in [-0.39, 0.29) is 0 Å². The number of benzene rings is 1. The van der Waals surface area contributed by atoms with E-state index in [9.17, 15) is 0 Å². The molecular formula is C16H18N4O. The fourth-order valence-corrected chi connectivity index (χ4v) is 2.28. The second-order valence-corrected chi connectivity index (χ2v) is 4.80. The van der Waals surface area contributed by atoms with Crippen LogP contribution in [0.15, 0.2) is 49.1 Å². The van der Waals surface area contributed by atoms with Gasteiger partial charge in [0.15, 0.2) is 0 Å². The standard InChI is InChI=1S/C16H18N4O/c1-21-9-7-17-11-14-10-13-4-2-3-5-15(13)19-16(14)20-8-6-18-12-20/h2-6,8,10,12,17H,7,9,11H2,1H3. The van der Waals surface area contributed by atoms with Crippen LogP contribution >= 0.6 is 0 Å². The number of ether oxygens (including phenoxy) is 1. The number of nitrogens with zero attached hydrogens (tertiary/aromatic N) is 3.